The summed E-state index contributed by atoms with van der Waals surface area (Å²) in [4.78, 5) is 4.35. The Labute approximate surface area is 82.4 Å². The van der Waals surface area contributed by atoms with Crippen LogP contribution in [-0.2, 0) is 0 Å². The van der Waals surface area contributed by atoms with Crippen molar-refractivity contribution in [3.05, 3.63) is 23.7 Å². The molecule has 0 amide bonds. The van der Waals surface area contributed by atoms with Gasteiger partial charge in [-0.05, 0) is 18.6 Å². The zero-order chi connectivity index (χ0) is 10.1. The van der Waals surface area contributed by atoms with Gasteiger partial charge < -0.3 is 4.42 Å². The molecular formula is C10H13N3O. The highest BCUT2D eigenvalue weighted by Gasteiger charge is 2.12. The summed E-state index contributed by atoms with van der Waals surface area (Å²) >= 11 is 0. The summed E-state index contributed by atoms with van der Waals surface area (Å²) in [6.07, 6.45) is 1.65. The van der Waals surface area contributed by atoms with Gasteiger partial charge in [-0.3, -0.25) is 5.10 Å². The molecule has 4 nitrogen and oxygen atoms in total. The largest absolute Gasteiger partial charge is 0.461 e. The van der Waals surface area contributed by atoms with Gasteiger partial charge in [0.05, 0.1) is 6.26 Å². The lowest BCUT2D eigenvalue weighted by molar-refractivity contribution is 0.576. The first-order chi connectivity index (χ1) is 6.68. The molecular weight excluding hydrogens is 178 g/mol. The van der Waals surface area contributed by atoms with Crippen molar-refractivity contribution >= 4 is 0 Å². The van der Waals surface area contributed by atoms with E-state index in [1.807, 2.05) is 13.0 Å². The van der Waals surface area contributed by atoms with Crippen LogP contribution in [0, 0.1) is 6.92 Å². The Morgan fingerprint density at radius 3 is 2.71 bits per heavy atom. The number of nitrogens with zero attached hydrogens (tertiary/aromatic N) is 2. The van der Waals surface area contributed by atoms with Crippen LogP contribution in [-0.4, -0.2) is 15.2 Å². The second-order valence-electron chi connectivity index (χ2n) is 3.63. The summed E-state index contributed by atoms with van der Waals surface area (Å²) in [5.74, 6) is 2.62. The van der Waals surface area contributed by atoms with Crippen LogP contribution in [0.25, 0.3) is 11.6 Å². The van der Waals surface area contributed by atoms with E-state index in [0.717, 1.165) is 17.1 Å². The third-order valence-corrected chi connectivity index (χ3v) is 2.11. The molecule has 0 saturated carbocycles. The van der Waals surface area contributed by atoms with E-state index in [1.165, 1.54) is 0 Å². The number of furan rings is 1. The minimum atomic E-state index is 0.353. The van der Waals surface area contributed by atoms with Crippen molar-refractivity contribution in [2.75, 3.05) is 0 Å². The Morgan fingerprint density at radius 2 is 2.21 bits per heavy atom. The van der Waals surface area contributed by atoms with E-state index in [9.17, 15) is 0 Å². The number of aromatic amines is 1. The minimum Gasteiger partial charge on any atom is -0.461 e. The Morgan fingerprint density at radius 1 is 1.43 bits per heavy atom. The molecule has 0 radical (unpaired) electrons. The summed E-state index contributed by atoms with van der Waals surface area (Å²) in [6, 6.07) is 1.90. The Hall–Kier alpha value is -1.58. The van der Waals surface area contributed by atoms with Crippen molar-refractivity contribution < 1.29 is 4.42 Å². The molecule has 0 saturated heterocycles. The standard InChI is InChI=1S/C10H13N3O/c1-6(2)9-11-10(13-12-9)8-7(3)4-5-14-8/h4-6H,1-3H3,(H,11,12,13). The van der Waals surface area contributed by atoms with E-state index in [2.05, 4.69) is 29.0 Å². The van der Waals surface area contributed by atoms with Gasteiger partial charge in [0.15, 0.2) is 5.76 Å². The lowest BCUT2D eigenvalue weighted by Crippen LogP contribution is -1.89. The fourth-order valence-corrected chi connectivity index (χ4v) is 1.24. The van der Waals surface area contributed by atoms with E-state index in [0.29, 0.717) is 11.7 Å². The summed E-state index contributed by atoms with van der Waals surface area (Å²) in [5.41, 5.74) is 1.05. The molecule has 1 N–H and O–H groups in total. The number of nitrogens with one attached hydrogen (secondary N) is 1. The Kier molecular flexibility index (Phi) is 2.11. The quantitative estimate of drug-likeness (QED) is 0.793. The number of hydrogen-bond donors (Lipinski definition) is 1. The maximum atomic E-state index is 5.30. The number of aryl methyl sites for hydroxylation is 1. The molecule has 0 fully saturated rings. The fraction of sp³-hybridized carbons (Fsp3) is 0.400. The molecule has 0 aliphatic rings. The second-order valence-corrected chi connectivity index (χ2v) is 3.63. The van der Waals surface area contributed by atoms with E-state index in [-0.39, 0.29) is 0 Å². The first-order valence-corrected chi connectivity index (χ1v) is 4.65. The average Bonchev–Trinajstić information content (AvgIpc) is 2.71. The third-order valence-electron chi connectivity index (χ3n) is 2.11. The number of H-pyrrole nitrogens is 1. The summed E-state index contributed by atoms with van der Waals surface area (Å²) < 4.78 is 5.30. The monoisotopic (exact) mass is 191 g/mol. The van der Waals surface area contributed by atoms with E-state index in [1.54, 1.807) is 6.26 Å². The van der Waals surface area contributed by atoms with Crippen LogP contribution in [0.5, 0.6) is 0 Å². The summed E-state index contributed by atoms with van der Waals surface area (Å²) in [6.45, 7) is 6.11. The van der Waals surface area contributed by atoms with Crippen LogP contribution in [0.15, 0.2) is 16.7 Å². The molecule has 0 bridgehead atoms. The molecule has 2 aromatic heterocycles. The zero-order valence-corrected chi connectivity index (χ0v) is 8.53. The lowest BCUT2D eigenvalue weighted by atomic mass is 10.2. The van der Waals surface area contributed by atoms with Gasteiger partial charge in [-0.15, -0.1) is 0 Å². The molecule has 2 rings (SSSR count). The molecule has 2 aromatic rings. The van der Waals surface area contributed by atoms with Crippen LogP contribution in [0.4, 0.5) is 0 Å². The normalized spacial score (nSPS) is 11.1. The van der Waals surface area contributed by atoms with Crippen molar-refractivity contribution in [1.82, 2.24) is 15.2 Å². The average molecular weight is 191 g/mol. The number of aromatic nitrogens is 3. The Bertz CT molecular complexity index is 428. The first-order valence-electron chi connectivity index (χ1n) is 4.65. The first kappa shape index (κ1) is 8.99. The van der Waals surface area contributed by atoms with Gasteiger partial charge in [0, 0.05) is 5.92 Å². The molecule has 74 valence electrons. The van der Waals surface area contributed by atoms with Crippen LogP contribution >= 0.6 is 0 Å². The fourth-order valence-electron chi connectivity index (χ4n) is 1.24. The van der Waals surface area contributed by atoms with Gasteiger partial charge in [-0.25, -0.2) is 4.98 Å². The molecule has 2 heterocycles. The van der Waals surface area contributed by atoms with Crippen LogP contribution in [0.3, 0.4) is 0 Å². The highest BCUT2D eigenvalue weighted by Crippen LogP contribution is 2.21. The number of rotatable bonds is 2. The van der Waals surface area contributed by atoms with Gasteiger partial charge in [0.25, 0.3) is 0 Å². The SMILES string of the molecule is Cc1ccoc1-c1n[nH]c(C(C)C)n1. The van der Waals surface area contributed by atoms with E-state index in [4.69, 9.17) is 4.42 Å². The van der Waals surface area contributed by atoms with Crippen molar-refractivity contribution in [3.63, 3.8) is 0 Å². The van der Waals surface area contributed by atoms with Crippen LogP contribution in [0.1, 0.15) is 31.2 Å². The predicted molar refractivity (Wildman–Crippen MR) is 52.9 cm³/mol. The van der Waals surface area contributed by atoms with E-state index >= 15 is 0 Å². The molecule has 0 unspecified atom stereocenters. The molecule has 0 spiro atoms. The van der Waals surface area contributed by atoms with Crippen LogP contribution in [0.2, 0.25) is 0 Å². The molecule has 0 atom stereocenters. The van der Waals surface area contributed by atoms with Crippen molar-refractivity contribution in [2.24, 2.45) is 0 Å². The maximum Gasteiger partial charge on any atom is 0.217 e. The van der Waals surface area contributed by atoms with Gasteiger partial charge in [0.2, 0.25) is 5.82 Å². The summed E-state index contributed by atoms with van der Waals surface area (Å²) in [5, 5.41) is 7.01. The second kappa shape index (κ2) is 3.29. The lowest BCUT2D eigenvalue weighted by Gasteiger charge is -1.95. The maximum absolute atomic E-state index is 5.30. The van der Waals surface area contributed by atoms with Gasteiger partial charge in [0.1, 0.15) is 5.82 Å². The molecule has 0 aliphatic carbocycles. The van der Waals surface area contributed by atoms with Crippen LogP contribution < -0.4 is 0 Å². The third kappa shape index (κ3) is 1.43. The number of hydrogen-bond acceptors (Lipinski definition) is 3. The zero-order valence-electron chi connectivity index (χ0n) is 8.53. The smallest absolute Gasteiger partial charge is 0.217 e. The molecule has 14 heavy (non-hydrogen) atoms. The molecule has 0 aliphatic heterocycles. The molecule has 4 heteroatoms. The highest BCUT2D eigenvalue weighted by molar-refractivity contribution is 5.51. The van der Waals surface area contributed by atoms with E-state index < -0.39 is 0 Å². The summed E-state index contributed by atoms with van der Waals surface area (Å²) in [7, 11) is 0. The van der Waals surface area contributed by atoms with Gasteiger partial charge >= 0.3 is 0 Å². The predicted octanol–water partition coefficient (Wildman–Crippen LogP) is 2.50. The van der Waals surface area contributed by atoms with Crippen molar-refractivity contribution in [2.45, 2.75) is 26.7 Å². The molecule has 0 aromatic carbocycles. The van der Waals surface area contributed by atoms with Gasteiger partial charge in [-0.1, -0.05) is 13.8 Å². The van der Waals surface area contributed by atoms with Crippen molar-refractivity contribution in [1.29, 1.82) is 0 Å². The Balaban J connectivity index is 2.39. The minimum absolute atomic E-state index is 0.353. The van der Waals surface area contributed by atoms with Crippen molar-refractivity contribution in [3.8, 4) is 11.6 Å². The van der Waals surface area contributed by atoms with Gasteiger partial charge in [-0.2, -0.15) is 5.10 Å². The highest BCUT2D eigenvalue weighted by atomic mass is 16.3. The topological polar surface area (TPSA) is 54.7 Å².